The molecule has 0 unspecified atom stereocenters. The van der Waals surface area contributed by atoms with Gasteiger partial charge in [-0.3, -0.25) is 4.57 Å². The van der Waals surface area contributed by atoms with Crippen LogP contribution in [0.4, 0.5) is 0 Å². The van der Waals surface area contributed by atoms with Crippen LogP contribution in [0.25, 0.3) is 100 Å². The second kappa shape index (κ2) is 13.0. The molecular formula is C51H33N5. The number of hydrogen-bond donors (Lipinski definition) is 0. The van der Waals surface area contributed by atoms with Gasteiger partial charge >= 0.3 is 0 Å². The van der Waals surface area contributed by atoms with Crippen molar-refractivity contribution in [3.63, 3.8) is 0 Å². The van der Waals surface area contributed by atoms with E-state index >= 15 is 0 Å². The summed E-state index contributed by atoms with van der Waals surface area (Å²) in [7, 11) is 0. The lowest BCUT2D eigenvalue weighted by molar-refractivity contribution is 0.953. The van der Waals surface area contributed by atoms with Gasteiger partial charge in [-0.25, -0.2) is 4.98 Å². The molecular weight excluding hydrogens is 683 g/mol. The van der Waals surface area contributed by atoms with Gasteiger partial charge < -0.3 is 4.57 Å². The third kappa shape index (κ3) is 5.13. The molecule has 0 spiro atoms. The normalized spacial score (nSPS) is 11.6. The lowest BCUT2D eigenvalue weighted by Crippen LogP contribution is -2.06. The average molecular weight is 716 g/mol. The molecule has 11 aromatic rings. The Morgan fingerprint density at radius 3 is 1.20 bits per heavy atom. The molecule has 0 aliphatic heterocycles. The van der Waals surface area contributed by atoms with E-state index in [1.165, 1.54) is 10.8 Å². The fraction of sp³-hybridized carbons (Fsp3) is 0. The van der Waals surface area contributed by atoms with Gasteiger partial charge in [-0.2, -0.15) is 9.97 Å². The number of aromatic nitrogens is 5. The van der Waals surface area contributed by atoms with Crippen molar-refractivity contribution < 1.29 is 0 Å². The van der Waals surface area contributed by atoms with Crippen molar-refractivity contribution in [1.29, 1.82) is 0 Å². The van der Waals surface area contributed by atoms with E-state index in [-0.39, 0.29) is 0 Å². The minimum absolute atomic E-state index is 0.570. The van der Waals surface area contributed by atoms with Crippen LogP contribution in [0.5, 0.6) is 0 Å². The molecule has 0 bridgehead atoms. The third-order valence-electron chi connectivity index (χ3n) is 10.8. The van der Waals surface area contributed by atoms with E-state index in [1.807, 2.05) is 36.4 Å². The van der Waals surface area contributed by atoms with Crippen LogP contribution < -0.4 is 0 Å². The molecule has 0 saturated carbocycles. The quantitative estimate of drug-likeness (QED) is 0.172. The summed E-state index contributed by atoms with van der Waals surface area (Å²) in [4.78, 5) is 15.4. The average Bonchev–Trinajstić information content (AvgIpc) is 3.78. The van der Waals surface area contributed by atoms with Gasteiger partial charge in [0.2, 0.25) is 5.95 Å². The molecule has 3 heterocycles. The van der Waals surface area contributed by atoms with E-state index in [9.17, 15) is 0 Å². The molecule has 5 nitrogen and oxygen atoms in total. The van der Waals surface area contributed by atoms with E-state index in [4.69, 9.17) is 15.0 Å². The molecule has 56 heavy (non-hydrogen) atoms. The Bertz CT molecular complexity index is 3110. The van der Waals surface area contributed by atoms with E-state index in [0.29, 0.717) is 17.6 Å². The summed E-state index contributed by atoms with van der Waals surface area (Å²) in [6.45, 7) is 0. The highest BCUT2D eigenvalue weighted by Crippen LogP contribution is 2.44. The summed E-state index contributed by atoms with van der Waals surface area (Å²) in [6, 6.07) is 70.5. The van der Waals surface area contributed by atoms with Gasteiger partial charge in [0.15, 0.2) is 11.6 Å². The van der Waals surface area contributed by atoms with Gasteiger partial charge in [0.25, 0.3) is 0 Å². The largest absolute Gasteiger partial charge is 0.308 e. The first-order valence-corrected chi connectivity index (χ1v) is 18.9. The summed E-state index contributed by atoms with van der Waals surface area (Å²) in [6.07, 6.45) is 0. The maximum Gasteiger partial charge on any atom is 0.238 e. The topological polar surface area (TPSA) is 48.5 Å². The number of rotatable bonds is 6. The van der Waals surface area contributed by atoms with Crippen LogP contribution in [0.15, 0.2) is 200 Å². The van der Waals surface area contributed by atoms with Crippen LogP contribution >= 0.6 is 0 Å². The first-order valence-electron chi connectivity index (χ1n) is 18.9. The Hall–Kier alpha value is -7.63. The van der Waals surface area contributed by atoms with Gasteiger partial charge in [0, 0.05) is 43.8 Å². The fourth-order valence-electron chi connectivity index (χ4n) is 8.27. The molecule has 0 fully saturated rings. The molecule has 0 aliphatic carbocycles. The monoisotopic (exact) mass is 715 g/mol. The van der Waals surface area contributed by atoms with E-state index in [2.05, 4.69) is 173 Å². The van der Waals surface area contributed by atoms with Crippen LogP contribution in [-0.2, 0) is 0 Å². The van der Waals surface area contributed by atoms with Gasteiger partial charge in [-0.1, -0.05) is 176 Å². The lowest BCUT2D eigenvalue weighted by atomic mass is 9.95. The molecule has 262 valence electrons. The van der Waals surface area contributed by atoms with Crippen molar-refractivity contribution >= 4 is 43.6 Å². The summed E-state index contributed by atoms with van der Waals surface area (Å²) < 4.78 is 4.68. The number of hydrogen-bond acceptors (Lipinski definition) is 3. The molecule has 0 N–H and O–H groups in total. The Balaban J connectivity index is 1.27. The minimum atomic E-state index is 0.570. The predicted molar refractivity (Wildman–Crippen MR) is 230 cm³/mol. The molecule has 3 aromatic heterocycles. The molecule has 0 saturated heterocycles. The summed E-state index contributed by atoms with van der Waals surface area (Å²) in [5, 5.41) is 4.65. The summed E-state index contributed by atoms with van der Waals surface area (Å²) in [5.74, 6) is 1.82. The molecule has 0 amide bonds. The van der Waals surface area contributed by atoms with Crippen molar-refractivity contribution in [2.45, 2.75) is 0 Å². The van der Waals surface area contributed by atoms with Crippen LogP contribution in [-0.4, -0.2) is 24.1 Å². The first kappa shape index (κ1) is 31.9. The highest BCUT2D eigenvalue weighted by atomic mass is 15.2. The van der Waals surface area contributed by atoms with Gasteiger partial charge in [0.05, 0.1) is 27.8 Å². The minimum Gasteiger partial charge on any atom is -0.308 e. The van der Waals surface area contributed by atoms with Crippen molar-refractivity contribution in [2.24, 2.45) is 0 Å². The van der Waals surface area contributed by atoms with Crippen LogP contribution in [0, 0.1) is 0 Å². The summed E-state index contributed by atoms with van der Waals surface area (Å²) >= 11 is 0. The van der Waals surface area contributed by atoms with E-state index in [0.717, 1.165) is 71.9 Å². The van der Waals surface area contributed by atoms with Crippen molar-refractivity contribution in [3.8, 4) is 56.7 Å². The molecule has 0 radical (unpaired) electrons. The Labute approximate surface area is 323 Å². The molecule has 0 aliphatic rings. The standard InChI is InChI=1S/C51H33N5/c1-5-18-34(19-6-1)38-28-17-29-39(35-20-7-2-8-21-35)48(38)55-44-30-15-13-26-40(44)42-32-43-41-27-14-16-31-45(41)56(47(43)33-46(42)55)51-53-49(36-22-9-3-10-23-36)52-50(54-51)37-24-11-4-12-25-37/h1-33H. The maximum absolute atomic E-state index is 5.22. The fourth-order valence-corrected chi connectivity index (χ4v) is 8.27. The van der Waals surface area contributed by atoms with Crippen molar-refractivity contribution in [3.05, 3.63) is 200 Å². The lowest BCUT2D eigenvalue weighted by Gasteiger charge is -2.19. The SMILES string of the molecule is c1ccc(-c2nc(-c3ccccc3)nc(-n3c4ccccc4c4cc5c6ccccc6n(-c6c(-c7ccccc7)cccc6-c6ccccc6)c5cc43)n2)cc1. The molecule has 0 atom stereocenters. The van der Waals surface area contributed by atoms with Gasteiger partial charge in [0.1, 0.15) is 0 Å². The number of nitrogens with zero attached hydrogens (tertiary/aromatic N) is 5. The second-order valence-corrected chi connectivity index (χ2v) is 14.0. The Morgan fingerprint density at radius 1 is 0.286 bits per heavy atom. The van der Waals surface area contributed by atoms with Crippen molar-refractivity contribution in [1.82, 2.24) is 24.1 Å². The predicted octanol–water partition coefficient (Wildman–Crippen LogP) is 12.7. The Morgan fingerprint density at radius 2 is 0.696 bits per heavy atom. The smallest absolute Gasteiger partial charge is 0.238 e. The summed E-state index contributed by atoms with van der Waals surface area (Å²) in [5.41, 5.74) is 11.9. The molecule has 8 aromatic carbocycles. The van der Waals surface area contributed by atoms with Gasteiger partial charge in [-0.15, -0.1) is 0 Å². The van der Waals surface area contributed by atoms with E-state index < -0.39 is 0 Å². The zero-order valence-electron chi connectivity index (χ0n) is 30.3. The van der Waals surface area contributed by atoms with Crippen LogP contribution in [0.1, 0.15) is 0 Å². The highest BCUT2D eigenvalue weighted by molar-refractivity contribution is 6.19. The van der Waals surface area contributed by atoms with Crippen LogP contribution in [0.3, 0.4) is 0 Å². The number of fused-ring (bicyclic) bond motifs is 6. The Kier molecular flexibility index (Phi) is 7.42. The van der Waals surface area contributed by atoms with Gasteiger partial charge in [-0.05, 0) is 35.4 Å². The molecule has 5 heteroatoms. The number of para-hydroxylation sites is 3. The second-order valence-electron chi connectivity index (χ2n) is 14.0. The van der Waals surface area contributed by atoms with Crippen LogP contribution in [0.2, 0.25) is 0 Å². The molecule has 11 rings (SSSR count). The zero-order valence-corrected chi connectivity index (χ0v) is 30.3. The maximum atomic E-state index is 5.22. The highest BCUT2D eigenvalue weighted by Gasteiger charge is 2.23. The number of benzene rings is 8. The third-order valence-corrected chi connectivity index (χ3v) is 10.8. The van der Waals surface area contributed by atoms with Crippen molar-refractivity contribution in [2.75, 3.05) is 0 Å². The van der Waals surface area contributed by atoms with E-state index in [1.54, 1.807) is 0 Å². The first-order chi connectivity index (χ1) is 27.8. The zero-order chi connectivity index (χ0) is 37.0.